The van der Waals surface area contributed by atoms with E-state index in [0.29, 0.717) is 11.9 Å². The first-order valence-corrected chi connectivity index (χ1v) is 10.5. The molecule has 0 bridgehead atoms. The number of anilines is 1. The van der Waals surface area contributed by atoms with Crippen molar-refractivity contribution in [3.63, 3.8) is 0 Å². The van der Waals surface area contributed by atoms with Crippen molar-refractivity contribution in [2.45, 2.75) is 91.3 Å². The summed E-state index contributed by atoms with van der Waals surface area (Å²) in [5.74, 6) is 0.667. The van der Waals surface area contributed by atoms with Gasteiger partial charge in [-0.3, -0.25) is 9.80 Å². The van der Waals surface area contributed by atoms with Crippen molar-refractivity contribution in [2.75, 3.05) is 18.0 Å². The van der Waals surface area contributed by atoms with Gasteiger partial charge in [0.05, 0.1) is 0 Å². The molecular formula is C22H37N3O2. The average Bonchev–Trinajstić information content (AvgIpc) is 3.07. The molecule has 2 rings (SSSR count). The van der Waals surface area contributed by atoms with Gasteiger partial charge >= 0.3 is 6.09 Å². The number of unbranched alkanes of at least 4 members (excludes halogenated alkanes) is 1. The largest absolute Gasteiger partial charge is 0.443 e. The van der Waals surface area contributed by atoms with Crippen LogP contribution >= 0.6 is 0 Å². The van der Waals surface area contributed by atoms with Crippen molar-refractivity contribution in [1.29, 1.82) is 0 Å². The summed E-state index contributed by atoms with van der Waals surface area (Å²) in [4.78, 5) is 21.6. The number of pyridine rings is 1. The first-order chi connectivity index (χ1) is 12.8. The van der Waals surface area contributed by atoms with Gasteiger partial charge in [0.25, 0.3) is 0 Å². The van der Waals surface area contributed by atoms with E-state index in [4.69, 9.17) is 4.74 Å². The maximum atomic E-state index is 12.7. The van der Waals surface area contributed by atoms with Crippen LogP contribution in [0.2, 0.25) is 0 Å². The second kappa shape index (κ2) is 9.54. The van der Waals surface area contributed by atoms with Crippen LogP contribution in [0.5, 0.6) is 0 Å². The molecule has 1 saturated heterocycles. The van der Waals surface area contributed by atoms with Gasteiger partial charge in [-0.05, 0) is 78.1 Å². The third-order valence-electron chi connectivity index (χ3n) is 5.19. The Balaban J connectivity index is 2.18. The monoisotopic (exact) mass is 375 g/mol. The SMILES string of the molecule is CCCCN1CCC[C@H]1c1ccc(N(C(=O)OC(C)(C)C)[C@@H](C)CC)nc1. The van der Waals surface area contributed by atoms with E-state index in [9.17, 15) is 4.79 Å². The molecule has 0 aromatic carbocycles. The minimum atomic E-state index is -0.521. The van der Waals surface area contributed by atoms with Crippen LogP contribution in [0.4, 0.5) is 10.6 Å². The van der Waals surface area contributed by atoms with Crippen molar-refractivity contribution in [3.05, 3.63) is 23.9 Å². The van der Waals surface area contributed by atoms with Crippen molar-refractivity contribution in [3.8, 4) is 0 Å². The summed E-state index contributed by atoms with van der Waals surface area (Å²) in [6, 6.07) is 4.60. The van der Waals surface area contributed by atoms with Crippen LogP contribution in [-0.2, 0) is 4.74 Å². The Bertz CT molecular complexity index is 595. The van der Waals surface area contributed by atoms with E-state index >= 15 is 0 Å². The van der Waals surface area contributed by atoms with Gasteiger partial charge in [-0.25, -0.2) is 9.78 Å². The van der Waals surface area contributed by atoms with E-state index in [-0.39, 0.29) is 12.1 Å². The van der Waals surface area contributed by atoms with Crippen LogP contribution < -0.4 is 4.90 Å². The molecule has 2 heterocycles. The molecule has 1 aromatic rings. The zero-order valence-electron chi connectivity index (χ0n) is 18.0. The molecule has 1 aliphatic rings. The van der Waals surface area contributed by atoms with Crippen molar-refractivity contribution in [2.24, 2.45) is 0 Å². The number of hydrogen-bond donors (Lipinski definition) is 0. The second-order valence-corrected chi connectivity index (χ2v) is 8.60. The van der Waals surface area contributed by atoms with Gasteiger partial charge in [-0.2, -0.15) is 0 Å². The molecule has 0 spiro atoms. The van der Waals surface area contributed by atoms with Gasteiger partial charge in [0, 0.05) is 18.3 Å². The number of ether oxygens (including phenoxy) is 1. The second-order valence-electron chi connectivity index (χ2n) is 8.60. The molecule has 1 fully saturated rings. The Morgan fingerprint density at radius 1 is 1.37 bits per heavy atom. The molecule has 0 unspecified atom stereocenters. The normalized spacial score (nSPS) is 19.1. The standard InChI is InChI=1S/C22H37N3O2/c1-7-9-14-24-15-10-11-19(24)18-12-13-20(23-16-18)25(17(3)8-2)21(26)27-22(4,5)6/h12-13,16-17,19H,7-11,14-15H2,1-6H3/t17-,19-/m0/s1. The summed E-state index contributed by atoms with van der Waals surface area (Å²) in [5, 5.41) is 0. The Kier molecular flexibility index (Phi) is 7.66. The van der Waals surface area contributed by atoms with Crippen LogP contribution in [0.3, 0.4) is 0 Å². The van der Waals surface area contributed by atoms with Crippen LogP contribution in [0.1, 0.15) is 85.3 Å². The first-order valence-electron chi connectivity index (χ1n) is 10.5. The van der Waals surface area contributed by atoms with Gasteiger partial charge < -0.3 is 4.74 Å². The molecule has 0 radical (unpaired) electrons. The van der Waals surface area contributed by atoms with Gasteiger partial charge in [0.15, 0.2) is 0 Å². The molecule has 0 aliphatic carbocycles. The van der Waals surface area contributed by atoms with Crippen molar-refractivity contribution in [1.82, 2.24) is 9.88 Å². The fourth-order valence-electron chi connectivity index (χ4n) is 3.56. The summed E-state index contributed by atoms with van der Waals surface area (Å²) in [5.41, 5.74) is 0.729. The summed E-state index contributed by atoms with van der Waals surface area (Å²) < 4.78 is 5.61. The summed E-state index contributed by atoms with van der Waals surface area (Å²) >= 11 is 0. The molecule has 0 N–H and O–H groups in total. The summed E-state index contributed by atoms with van der Waals surface area (Å²) in [6.07, 6.45) is 7.35. The van der Waals surface area contributed by atoms with E-state index in [1.807, 2.05) is 40.0 Å². The van der Waals surface area contributed by atoms with Crippen molar-refractivity contribution >= 4 is 11.9 Å². The number of rotatable bonds is 7. The highest BCUT2D eigenvalue weighted by molar-refractivity contribution is 5.87. The number of aromatic nitrogens is 1. The minimum Gasteiger partial charge on any atom is -0.443 e. The molecule has 0 saturated carbocycles. The third-order valence-corrected chi connectivity index (χ3v) is 5.19. The molecule has 1 amide bonds. The zero-order valence-corrected chi connectivity index (χ0v) is 18.0. The number of hydrogen-bond acceptors (Lipinski definition) is 4. The summed E-state index contributed by atoms with van der Waals surface area (Å²) in [6.45, 7) is 14.3. The van der Waals surface area contributed by atoms with E-state index in [1.165, 1.54) is 37.8 Å². The number of carbonyl (C=O) groups is 1. The fraction of sp³-hybridized carbons (Fsp3) is 0.727. The Morgan fingerprint density at radius 3 is 2.67 bits per heavy atom. The van der Waals surface area contributed by atoms with E-state index in [0.717, 1.165) is 13.0 Å². The summed E-state index contributed by atoms with van der Waals surface area (Å²) in [7, 11) is 0. The van der Waals surface area contributed by atoms with Crippen LogP contribution in [0.15, 0.2) is 18.3 Å². The maximum absolute atomic E-state index is 12.7. The number of amides is 1. The lowest BCUT2D eigenvalue weighted by molar-refractivity contribution is 0.0566. The van der Waals surface area contributed by atoms with Crippen molar-refractivity contribution < 1.29 is 9.53 Å². The molecule has 27 heavy (non-hydrogen) atoms. The average molecular weight is 376 g/mol. The molecule has 1 aliphatic heterocycles. The van der Waals surface area contributed by atoms with Crippen LogP contribution in [-0.4, -0.2) is 40.7 Å². The number of carbonyl (C=O) groups excluding carboxylic acids is 1. The smallest absolute Gasteiger partial charge is 0.416 e. The molecular weight excluding hydrogens is 338 g/mol. The molecule has 152 valence electrons. The van der Waals surface area contributed by atoms with Gasteiger partial charge in [-0.1, -0.05) is 26.3 Å². The minimum absolute atomic E-state index is 0.0331. The maximum Gasteiger partial charge on any atom is 0.416 e. The zero-order chi connectivity index (χ0) is 20.0. The van der Waals surface area contributed by atoms with Gasteiger partial charge in [0.2, 0.25) is 0 Å². The fourth-order valence-corrected chi connectivity index (χ4v) is 3.56. The Labute approximate surface area is 165 Å². The van der Waals surface area contributed by atoms with Gasteiger partial charge in [-0.15, -0.1) is 0 Å². The topological polar surface area (TPSA) is 45.7 Å². The lowest BCUT2D eigenvalue weighted by Crippen LogP contribution is -2.42. The number of likely N-dealkylation sites (tertiary alicyclic amines) is 1. The van der Waals surface area contributed by atoms with Crippen LogP contribution in [0.25, 0.3) is 0 Å². The molecule has 5 nitrogen and oxygen atoms in total. The molecule has 1 aromatic heterocycles. The van der Waals surface area contributed by atoms with Gasteiger partial charge in [0.1, 0.15) is 11.4 Å². The van der Waals surface area contributed by atoms with E-state index in [1.54, 1.807) is 4.90 Å². The predicted octanol–water partition coefficient (Wildman–Crippen LogP) is 5.56. The Morgan fingerprint density at radius 2 is 2.11 bits per heavy atom. The quantitative estimate of drug-likeness (QED) is 0.626. The van der Waals surface area contributed by atoms with Crippen LogP contribution in [0, 0.1) is 0 Å². The highest BCUT2D eigenvalue weighted by atomic mass is 16.6. The molecule has 5 heteroatoms. The highest BCUT2D eigenvalue weighted by Crippen LogP contribution is 2.32. The molecule has 2 atom stereocenters. The lowest BCUT2D eigenvalue weighted by atomic mass is 10.1. The third kappa shape index (κ3) is 5.93. The van der Waals surface area contributed by atoms with E-state index in [2.05, 4.69) is 29.8 Å². The first kappa shape index (κ1) is 21.7. The predicted molar refractivity (Wildman–Crippen MR) is 111 cm³/mol. The number of nitrogens with zero attached hydrogens (tertiary/aromatic N) is 3. The lowest BCUT2D eigenvalue weighted by Gasteiger charge is -2.31. The highest BCUT2D eigenvalue weighted by Gasteiger charge is 2.29. The van der Waals surface area contributed by atoms with E-state index < -0.39 is 5.60 Å². The Hall–Kier alpha value is -1.62.